The molecule has 20 heavy (non-hydrogen) atoms. The van der Waals surface area contributed by atoms with Crippen LogP contribution in [0.15, 0.2) is 18.2 Å². The van der Waals surface area contributed by atoms with Crippen molar-refractivity contribution in [1.29, 1.82) is 0 Å². The molecule has 1 aromatic carbocycles. The predicted octanol–water partition coefficient (Wildman–Crippen LogP) is 0.775. The molecule has 7 nitrogen and oxygen atoms in total. The quantitative estimate of drug-likeness (QED) is 0.667. The number of hydroxylamine groups is 2. The fourth-order valence-corrected chi connectivity index (χ4v) is 8.37. The number of hydrogen-bond donors (Lipinski definition) is 1. The molecule has 0 saturated heterocycles. The van der Waals surface area contributed by atoms with Crippen LogP contribution < -0.4 is 5.30 Å². The number of rotatable bonds is 4. The van der Waals surface area contributed by atoms with Crippen LogP contribution >= 0.6 is 7.71 Å². The first-order chi connectivity index (χ1) is 9.23. The summed E-state index contributed by atoms with van der Waals surface area (Å²) >= 11 is 0. The Morgan fingerprint density at radius 1 is 1.15 bits per heavy atom. The molecule has 2 rings (SSSR count). The average Bonchev–Trinajstić information content (AvgIpc) is 2.75. The zero-order valence-electron chi connectivity index (χ0n) is 12.9. The van der Waals surface area contributed by atoms with Gasteiger partial charge in [-0.2, -0.15) is 0 Å². The van der Waals surface area contributed by atoms with Crippen molar-refractivity contribution >= 4 is 24.1 Å². The molecule has 1 aromatic heterocycles. The Labute approximate surface area is 119 Å². The Morgan fingerprint density at radius 2 is 1.75 bits per heavy atom. The molecule has 0 unspecified atom stereocenters. The molecule has 8 heteroatoms. The van der Waals surface area contributed by atoms with Crippen molar-refractivity contribution in [3.8, 4) is 0 Å². The maximum atomic E-state index is 13.0. The first-order valence-corrected chi connectivity index (χ1v) is 8.27. The van der Waals surface area contributed by atoms with Crippen LogP contribution in [0.2, 0.25) is 0 Å². The number of nitrogens with one attached hydrogen (secondary N) is 1. The Kier molecular flexibility index (Phi) is 3.83. The Balaban J connectivity index is 2.84. The molecular formula is C12H23N6OP. The topological polar surface area (TPSA) is 71.1 Å². The van der Waals surface area contributed by atoms with Crippen molar-refractivity contribution in [3.63, 3.8) is 0 Å². The minimum absolute atomic E-state index is 0.390. The Bertz CT molecular complexity index is 595. The van der Waals surface area contributed by atoms with E-state index in [9.17, 15) is 5.21 Å². The van der Waals surface area contributed by atoms with Crippen molar-refractivity contribution in [2.24, 2.45) is 0 Å². The van der Waals surface area contributed by atoms with E-state index in [1.54, 1.807) is 14.1 Å². The fourth-order valence-electron chi connectivity index (χ4n) is 3.28. The second kappa shape index (κ2) is 5.02. The Morgan fingerprint density at radius 3 is 2.25 bits per heavy atom. The number of fused-ring (bicyclic) bond motifs is 1. The van der Waals surface area contributed by atoms with E-state index in [4.69, 9.17) is 0 Å². The van der Waals surface area contributed by atoms with Gasteiger partial charge in [0.2, 0.25) is 0 Å². The standard InChI is InChI=1S/C12H23N6OP/c1-16(2)20(17(3)4,18(5,6)19)11-9-7-8-10-12(11)14-15-13-10/h7-9,20H,1-6H3,(H,13,14,15). The third kappa shape index (κ3) is 2.03. The predicted molar refractivity (Wildman–Crippen MR) is 84.7 cm³/mol. The van der Waals surface area contributed by atoms with Crippen LogP contribution in [0.1, 0.15) is 0 Å². The zero-order valence-corrected chi connectivity index (χ0v) is 13.9. The van der Waals surface area contributed by atoms with Gasteiger partial charge in [0, 0.05) is 0 Å². The van der Waals surface area contributed by atoms with Gasteiger partial charge in [-0.05, 0) is 0 Å². The van der Waals surface area contributed by atoms with Crippen LogP contribution in [-0.4, -0.2) is 71.5 Å². The summed E-state index contributed by atoms with van der Waals surface area (Å²) in [5.41, 5.74) is 1.64. The van der Waals surface area contributed by atoms with Crippen LogP contribution in [-0.2, 0) is 0 Å². The number of nitrogens with zero attached hydrogens (tertiary/aromatic N) is 5. The summed E-state index contributed by atoms with van der Waals surface area (Å²) in [4.78, 5) is 0. The second-order valence-corrected chi connectivity index (χ2v) is 10.5. The number of H-pyrrole nitrogens is 1. The SMILES string of the molecule is CN(C)[PH](c1cccc2[nH]nnc12)(N(C)C)[N+](C)(C)[O-]. The van der Waals surface area contributed by atoms with Gasteiger partial charge in [0.15, 0.2) is 0 Å². The van der Waals surface area contributed by atoms with Crippen molar-refractivity contribution < 1.29 is 4.42 Å². The van der Waals surface area contributed by atoms with Gasteiger partial charge in [-0.3, -0.25) is 0 Å². The van der Waals surface area contributed by atoms with E-state index < -0.39 is 7.71 Å². The van der Waals surface area contributed by atoms with Crippen molar-refractivity contribution in [2.45, 2.75) is 0 Å². The van der Waals surface area contributed by atoms with Gasteiger partial charge in [-0.25, -0.2) is 0 Å². The van der Waals surface area contributed by atoms with E-state index >= 15 is 0 Å². The molecule has 0 spiro atoms. The molecule has 0 amide bonds. The van der Waals surface area contributed by atoms with Crippen molar-refractivity contribution in [1.82, 2.24) is 24.8 Å². The first-order valence-electron chi connectivity index (χ1n) is 6.43. The summed E-state index contributed by atoms with van der Waals surface area (Å²) in [6, 6.07) is 5.87. The molecule has 0 aliphatic heterocycles. The molecular weight excluding hydrogens is 275 g/mol. The van der Waals surface area contributed by atoms with E-state index in [1.165, 1.54) is 0 Å². The summed E-state index contributed by atoms with van der Waals surface area (Å²) in [5, 5.41) is 24.9. The second-order valence-electron chi connectivity index (χ2n) is 5.79. The zero-order chi connectivity index (χ0) is 15.1. The van der Waals surface area contributed by atoms with Crippen LogP contribution in [0.3, 0.4) is 0 Å². The maximum absolute atomic E-state index is 13.0. The Hall–Kier alpha value is -1.11. The molecule has 1 N–H and O–H groups in total. The van der Waals surface area contributed by atoms with Gasteiger partial charge in [0.05, 0.1) is 0 Å². The van der Waals surface area contributed by atoms with Gasteiger partial charge in [0.25, 0.3) is 0 Å². The molecule has 0 aliphatic rings. The summed E-state index contributed by atoms with van der Waals surface area (Å²) in [7, 11) is 8.51. The van der Waals surface area contributed by atoms with E-state index in [0.29, 0.717) is 0 Å². The molecule has 0 radical (unpaired) electrons. The summed E-state index contributed by atoms with van der Waals surface area (Å²) in [6.07, 6.45) is 0. The summed E-state index contributed by atoms with van der Waals surface area (Å²) in [6.45, 7) is 0. The van der Waals surface area contributed by atoms with Gasteiger partial charge < -0.3 is 0 Å². The molecule has 2 aromatic rings. The molecule has 0 fully saturated rings. The van der Waals surface area contributed by atoms with Crippen LogP contribution in [0.4, 0.5) is 0 Å². The average molecular weight is 298 g/mol. The van der Waals surface area contributed by atoms with E-state index in [1.807, 2.05) is 46.4 Å². The van der Waals surface area contributed by atoms with Gasteiger partial charge in [0.1, 0.15) is 0 Å². The molecule has 0 atom stereocenters. The number of aromatic nitrogens is 3. The van der Waals surface area contributed by atoms with Crippen molar-refractivity contribution in [3.05, 3.63) is 23.4 Å². The number of aromatic amines is 1. The fraction of sp³-hybridized carbons (Fsp3) is 0.500. The van der Waals surface area contributed by atoms with Gasteiger partial charge >= 0.3 is 119 Å². The number of benzene rings is 1. The van der Waals surface area contributed by atoms with E-state index in [0.717, 1.165) is 16.3 Å². The molecule has 112 valence electrons. The molecule has 0 bridgehead atoms. The van der Waals surface area contributed by atoms with E-state index in [-0.39, 0.29) is 4.42 Å². The summed E-state index contributed by atoms with van der Waals surface area (Å²) in [5.74, 6) is 0. The van der Waals surface area contributed by atoms with Crippen LogP contribution in [0, 0.1) is 5.21 Å². The first kappa shape index (κ1) is 15.3. The normalized spacial score (nSPS) is 14.4. The molecule has 0 aliphatic carbocycles. The minimum atomic E-state index is -2.73. The van der Waals surface area contributed by atoms with Crippen molar-refractivity contribution in [2.75, 3.05) is 42.3 Å². The number of quaternary nitrogens is 1. The monoisotopic (exact) mass is 298 g/mol. The van der Waals surface area contributed by atoms with Crippen LogP contribution in [0.25, 0.3) is 11.0 Å². The summed E-state index contributed by atoms with van der Waals surface area (Å²) < 4.78 is 3.73. The third-order valence-electron chi connectivity index (χ3n) is 3.72. The van der Waals surface area contributed by atoms with Gasteiger partial charge in [-0.1, -0.05) is 0 Å². The van der Waals surface area contributed by atoms with Gasteiger partial charge in [-0.15, -0.1) is 0 Å². The van der Waals surface area contributed by atoms with E-state index in [2.05, 4.69) is 24.8 Å². The van der Waals surface area contributed by atoms with Crippen LogP contribution in [0.5, 0.6) is 0 Å². The molecule has 1 heterocycles. The number of hydrogen-bond acceptors (Lipinski definition) is 5. The third-order valence-corrected chi connectivity index (χ3v) is 8.84. The molecule has 0 saturated carbocycles.